The molecule has 0 saturated heterocycles. The van der Waals surface area contributed by atoms with Crippen LogP contribution in [-0.4, -0.2) is 76.5 Å². The number of nitrogens with one attached hydrogen (secondary N) is 5. The molecule has 2 aromatic rings. The lowest BCUT2D eigenvalue weighted by Gasteiger charge is -2.36. The fraction of sp³-hybridized carbons (Fsp3) is 0.600. The number of benzene rings is 2. The van der Waals surface area contributed by atoms with Crippen molar-refractivity contribution in [3.63, 3.8) is 0 Å². The molecule has 7 unspecified atom stereocenters. The Morgan fingerprint density at radius 1 is 0.678 bits per heavy atom. The second kappa shape index (κ2) is 24.3. The number of aliphatic hydroxyl groups excluding tert-OH is 1. The predicted molar refractivity (Wildman–Crippen MR) is 228 cm³/mol. The number of ether oxygens (including phenoxy) is 1. The minimum Gasteiger partial charge on any atom is -0.459 e. The van der Waals surface area contributed by atoms with Crippen molar-refractivity contribution < 1.29 is 38.6 Å². The molecule has 0 heterocycles. The van der Waals surface area contributed by atoms with Crippen LogP contribution in [0.15, 0.2) is 60.7 Å². The van der Waals surface area contributed by atoms with Crippen LogP contribution in [0.4, 0.5) is 0 Å². The molecule has 8 N–H and O–H groups in total. The number of carbonyl (C=O) groups excluding carboxylic acids is 6. The lowest BCUT2D eigenvalue weighted by Crippen LogP contribution is -2.70. The summed E-state index contributed by atoms with van der Waals surface area (Å²) in [7, 11) is 0. The van der Waals surface area contributed by atoms with E-state index in [9.17, 15) is 33.9 Å². The summed E-state index contributed by atoms with van der Waals surface area (Å²) in [6.07, 6.45) is -0.899. The van der Waals surface area contributed by atoms with E-state index in [0.717, 1.165) is 11.1 Å². The second-order valence-electron chi connectivity index (χ2n) is 17.2. The van der Waals surface area contributed by atoms with E-state index in [1.165, 1.54) is 0 Å². The van der Waals surface area contributed by atoms with Gasteiger partial charge in [-0.1, -0.05) is 130 Å². The number of rotatable bonds is 24. The first-order valence-electron chi connectivity index (χ1n) is 20.9. The quantitative estimate of drug-likeness (QED) is 0.0603. The van der Waals surface area contributed by atoms with Gasteiger partial charge in [-0.15, -0.1) is 0 Å². The van der Waals surface area contributed by atoms with Gasteiger partial charge in [-0.2, -0.15) is 0 Å². The molecule has 59 heavy (non-hydrogen) atoms. The van der Waals surface area contributed by atoms with E-state index in [1.54, 1.807) is 41.5 Å². The summed E-state index contributed by atoms with van der Waals surface area (Å²) >= 11 is 0. The zero-order valence-electron chi connectivity index (χ0n) is 36.7. The van der Waals surface area contributed by atoms with Crippen molar-refractivity contribution >= 4 is 35.5 Å². The standard InChI is InChI=1S/C45H70N6O8/c1-11-31(10)45(46,44(58)50-40(30(8)9)43(57)59-26-33-20-16-13-17-21-33)51-38(54)25-36(52)34(24-32-18-14-12-15-19-32)48-42(56)39(29(6)7)49-41(55)35(22-27(2)3)47-37(53)23-28(4)5/h12-21,27-31,34-36,39-40,52H,11,22-26,46H2,1-10H3,(H,47,53)(H,48,56)(H,49,55)(H,50,58)(H,51,54). The van der Waals surface area contributed by atoms with E-state index in [4.69, 9.17) is 10.5 Å². The van der Waals surface area contributed by atoms with Gasteiger partial charge in [-0.3, -0.25) is 24.0 Å². The van der Waals surface area contributed by atoms with Crippen LogP contribution in [0.5, 0.6) is 0 Å². The lowest BCUT2D eigenvalue weighted by molar-refractivity contribution is -0.151. The molecule has 0 fully saturated rings. The second-order valence-corrected chi connectivity index (χ2v) is 17.2. The molecule has 0 aliphatic rings. The monoisotopic (exact) mass is 823 g/mol. The van der Waals surface area contributed by atoms with Crippen molar-refractivity contribution in [1.29, 1.82) is 0 Å². The fourth-order valence-electron chi connectivity index (χ4n) is 6.46. The first-order valence-corrected chi connectivity index (χ1v) is 20.9. The van der Waals surface area contributed by atoms with Gasteiger partial charge in [0, 0.05) is 12.3 Å². The smallest absolute Gasteiger partial charge is 0.329 e. The summed E-state index contributed by atoms with van der Waals surface area (Å²) in [5, 5.41) is 25.4. The molecule has 0 radical (unpaired) electrons. The van der Waals surface area contributed by atoms with Gasteiger partial charge < -0.3 is 42.2 Å². The maximum absolute atomic E-state index is 14.0. The zero-order valence-corrected chi connectivity index (χ0v) is 36.7. The molecular formula is C45H70N6O8. The molecule has 0 saturated carbocycles. The van der Waals surface area contributed by atoms with Crippen LogP contribution in [0.2, 0.25) is 0 Å². The maximum atomic E-state index is 14.0. The first-order chi connectivity index (χ1) is 27.7. The van der Waals surface area contributed by atoms with Gasteiger partial charge >= 0.3 is 5.97 Å². The number of hydrogen-bond donors (Lipinski definition) is 7. The van der Waals surface area contributed by atoms with E-state index < -0.39 is 77.9 Å². The minimum atomic E-state index is -1.99. The SMILES string of the molecule is CCC(C)C(N)(NC(=O)CC(O)C(Cc1ccccc1)NC(=O)C(NC(=O)C(CC(C)C)NC(=O)CC(C)C)C(C)C)C(=O)NC(C(=O)OCc1ccccc1)C(C)C. The molecule has 2 aromatic carbocycles. The van der Waals surface area contributed by atoms with Gasteiger partial charge in [0.1, 0.15) is 24.7 Å². The Hall–Kier alpha value is -4.82. The van der Waals surface area contributed by atoms with Crippen molar-refractivity contribution in [2.45, 2.75) is 144 Å². The van der Waals surface area contributed by atoms with Crippen LogP contribution in [-0.2, 0) is 46.5 Å². The maximum Gasteiger partial charge on any atom is 0.329 e. The van der Waals surface area contributed by atoms with Gasteiger partial charge in [-0.25, -0.2) is 4.79 Å². The van der Waals surface area contributed by atoms with Gasteiger partial charge in [0.2, 0.25) is 23.6 Å². The third kappa shape index (κ3) is 16.8. The number of nitrogens with two attached hydrogens (primary N) is 1. The number of amides is 5. The van der Waals surface area contributed by atoms with E-state index in [0.29, 0.717) is 12.8 Å². The Kier molecular flexibility index (Phi) is 20.7. The van der Waals surface area contributed by atoms with Crippen LogP contribution >= 0.6 is 0 Å². The van der Waals surface area contributed by atoms with E-state index in [1.807, 2.05) is 88.4 Å². The van der Waals surface area contributed by atoms with E-state index in [-0.39, 0.29) is 49.0 Å². The van der Waals surface area contributed by atoms with Gasteiger partial charge in [0.25, 0.3) is 5.91 Å². The van der Waals surface area contributed by atoms with Crippen molar-refractivity contribution in [1.82, 2.24) is 26.6 Å². The van der Waals surface area contributed by atoms with Gasteiger partial charge in [-0.05, 0) is 54.1 Å². The number of aliphatic hydroxyl groups is 1. The Bertz CT molecular complexity index is 1650. The summed E-state index contributed by atoms with van der Waals surface area (Å²) < 4.78 is 5.51. The lowest BCUT2D eigenvalue weighted by atomic mass is 9.90. The summed E-state index contributed by atoms with van der Waals surface area (Å²) in [5.41, 5.74) is 6.23. The van der Waals surface area contributed by atoms with Crippen LogP contribution in [0.25, 0.3) is 0 Å². The largest absolute Gasteiger partial charge is 0.459 e. The Balaban J connectivity index is 2.29. The van der Waals surface area contributed by atoms with Gasteiger partial charge in [0.05, 0.1) is 18.6 Å². The van der Waals surface area contributed by atoms with Crippen LogP contribution in [0.3, 0.4) is 0 Å². The third-order valence-corrected chi connectivity index (χ3v) is 10.2. The zero-order chi connectivity index (χ0) is 44.4. The first kappa shape index (κ1) is 50.3. The average molecular weight is 823 g/mol. The van der Waals surface area contributed by atoms with E-state index >= 15 is 0 Å². The molecule has 5 amide bonds. The predicted octanol–water partition coefficient (Wildman–Crippen LogP) is 3.88. The summed E-state index contributed by atoms with van der Waals surface area (Å²) in [6.45, 7) is 18.2. The van der Waals surface area contributed by atoms with Crippen molar-refractivity contribution in [3.8, 4) is 0 Å². The molecule has 14 heteroatoms. The number of esters is 1. The van der Waals surface area contributed by atoms with Gasteiger partial charge in [0.15, 0.2) is 5.66 Å². The van der Waals surface area contributed by atoms with Crippen LogP contribution in [0, 0.1) is 29.6 Å². The molecule has 0 aliphatic carbocycles. The molecule has 0 spiro atoms. The molecule has 7 atom stereocenters. The molecular weight excluding hydrogens is 753 g/mol. The molecule has 2 rings (SSSR count). The Morgan fingerprint density at radius 3 is 1.75 bits per heavy atom. The summed E-state index contributed by atoms with van der Waals surface area (Å²) in [4.78, 5) is 81.0. The Morgan fingerprint density at radius 2 is 1.24 bits per heavy atom. The van der Waals surface area contributed by atoms with Crippen molar-refractivity contribution in [2.24, 2.45) is 35.3 Å². The van der Waals surface area contributed by atoms with Crippen LogP contribution in [0.1, 0.15) is 106 Å². The molecule has 0 aromatic heterocycles. The molecule has 0 aliphatic heterocycles. The Labute approximate surface area is 350 Å². The minimum absolute atomic E-state index is 0.00675. The topological polar surface area (TPSA) is 218 Å². The summed E-state index contributed by atoms with van der Waals surface area (Å²) in [6, 6.07) is 14.2. The molecule has 328 valence electrons. The fourth-order valence-corrected chi connectivity index (χ4v) is 6.46. The number of hydrogen-bond acceptors (Lipinski definition) is 9. The van der Waals surface area contributed by atoms with E-state index in [2.05, 4.69) is 26.6 Å². The highest BCUT2D eigenvalue weighted by Crippen LogP contribution is 2.19. The van der Waals surface area contributed by atoms with Crippen LogP contribution < -0.4 is 32.3 Å². The highest BCUT2D eigenvalue weighted by Gasteiger charge is 2.43. The number of carbonyl (C=O) groups is 6. The van der Waals surface area contributed by atoms with Crippen molar-refractivity contribution in [3.05, 3.63) is 71.8 Å². The highest BCUT2D eigenvalue weighted by atomic mass is 16.5. The molecule has 14 nitrogen and oxygen atoms in total. The summed E-state index contributed by atoms with van der Waals surface area (Å²) in [5.74, 6) is -4.79. The average Bonchev–Trinajstić information content (AvgIpc) is 3.16. The van der Waals surface area contributed by atoms with Crippen molar-refractivity contribution in [2.75, 3.05) is 0 Å². The normalized spacial score (nSPS) is 15.6. The third-order valence-electron chi connectivity index (χ3n) is 10.2. The molecule has 0 bridgehead atoms. The highest BCUT2D eigenvalue weighted by molar-refractivity contribution is 5.94.